The van der Waals surface area contributed by atoms with Crippen LogP contribution >= 0.6 is 11.3 Å². The molecule has 0 unspecified atom stereocenters. The third-order valence-corrected chi connectivity index (χ3v) is 6.14. The van der Waals surface area contributed by atoms with Gasteiger partial charge in [-0.3, -0.25) is 0 Å². The lowest BCUT2D eigenvalue weighted by Gasteiger charge is -2.32. The van der Waals surface area contributed by atoms with Gasteiger partial charge in [0, 0.05) is 30.0 Å². The summed E-state index contributed by atoms with van der Waals surface area (Å²) < 4.78 is 0. The second-order valence-electron chi connectivity index (χ2n) is 6.98. The van der Waals surface area contributed by atoms with Crippen LogP contribution in [0.5, 0.6) is 0 Å². The first-order valence-electron chi connectivity index (χ1n) is 8.67. The largest absolute Gasteiger partial charge is 0.368 e. The zero-order valence-electron chi connectivity index (χ0n) is 14.0. The summed E-state index contributed by atoms with van der Waals surface area (Å²) in [7, 11) is 2.04. The first-order chi connectivity index (χ1) is 11.6. The van der Waals surface area contributed by atoms with Gasteiger partial charge in [-0.2, -0.15) is 4.98 Å². The van der Waals surface area contributed by atoms with Crippen molar-refractivity contribution in [2.75, 3.05) is 17.7 Å². The summed E-state index contributed by atoms with van der Waals surface area (Å²) in [4.78, 5) is 17.2. The maximum absolute atomic E-state index is 5.93. The monoisotopic (exact) mass is 344 g/mol. The molecule has 0 saturated heterocycles. The third kappa shape index (κ3) is 3.10. The van der Waals surface area contributed by atoms with E-state index in [-0.39, 0.29) is 0 Å². The SMILES string of the molecule is CN(Cc1nc2c(s1)CCCC2)c1cc(C2CC(N)C2)nc(N)n1. The molecule has 2 aliphatic rings. The summed E-state index contributed by atoms with van der Waals surface area (Å²) in [5.74, 6) is 1.63. The van der Waals surface area contributed by atoms with Crippen LogP contribution in [0.4, 0.5) is 11.8 Å². The van der Waals surface area contributed by atoms with Crippen LogP contribution in [0.3, 0.4) is 0 Å². The summed E-state index contributed by atoms with van der Waals surface area (Å²) in [5, 5.41) is 1.16. The summed E-state index contributed by atoms with van der Waals surface area (Å²) in [5.41, 5.74) is 14.2. The Morgan fingerprint density at radius 2 is 2.00 bits per heavy atom. The van der Waals surface area contributed by atoms with Gasteiger partial charge in [-0.1, -0.05) is 0 Å². The topological polar surface area (TPSA) is 94.0 Å². The minimum atomic E-state index is 0.300. The lowest BCUT2D eigenvalue weighted by atomic mass is 9.78. The number of aryl methyl sites for hydroxylation is 2. The van der Waals surface area contributed by atoms with Crippen LogP contribution in [0.15, 0.2) is 6.07 Å². The molecular weight excluding hydrogens is 320 g/mol. The fourth-order valence-electron chi connectivity index (χ4n) is 3.54. The molecule has 2 aromatic rings. The van der Waals surface area contributed by atoms with Crippen LogP contribution in [0.25, 0.3) is 0 Å². The number of fused-ring (bicyclic) bond motifs is 1. The van der Waals surface area contributed by atoms with Crippen LogP contribution in [-0.4, -0.2) is 28.0 Å². The first kappa shape index (κ1) is 15.8. The number of nitrogens with two attached hydrogens (primary N) is 2. The van der Waals surface area contributed by atoms with E-state index in [1.807, 2.05) is 18.4 Å². The second kappa shape index (κ2) is 6.29. The molecule has 2 aromatic heterocycles. The lowest BCUT2D eigenvalue weighted by Crippen LogP contribution is -2.35. The summed E-state index contributed by atoms with van der Waals surface area (Å²) in [6.45, 7) is 0.762. The Kier molecular flexibility index (Phi) is 4.14. The number of anilines is 2. The fraction of sp³-hybridized carbons (Fsp3) is 0.588. The van der Waals surface area contributed by atoms with E-state index in [2.05, 4.69) is 20.9 Å². The molecule has 4 rings (SSSR count). The van der Waals surface area contributed by atoms with Gasteiger partial charge in [0.15, 0.2) is 0 Å². The Balaban J connectivity index is 1.51. The van der Waals surface area contributed by atoms with Crippen LogP contribution in [0, 0.1) is 0 Å². The Hall–Kier alpha value is -1.73. The Morgan fingerprint density at radius 3 is 2.75 bits per heavy atom. The molecule has 1 saturated carbocycles. The van der Waals surface area contributed by atoms with Gasteiger partial charge in [0.25, 0.3) is 0 Å². The van der Waals surface area contributed by atoms with Crippen molar-refractivity contribution in [2.45, 2.75) is 57.0 Å². The van der Waals surface area contributed by atoms with Gasteiger partial charge < -0.3 is 16.4 Å². The molecule has 0 aromatic carbocycles. The normalized spacial score (nSPS) is 22.8. The highest BCUT2D eigenvalue weighted by atomic mass is 32.1. The quantitative estimate of drug-likeness (QED) is 0.883. The predicted molar refractivity (Wildman–Crippen MR) is 97.3 cm³/mol. The molecule has 6 nitrogen and oxygen atoms in total. The van der Waals surface area contributed by atoms with Crippen LogP contribution in [0.2, 0.25) is 0 Å². The number of nitrogens with zero attached hydrogens (tertiary/aromatic N) is 4. The Morgan fingerprint density at radius 1 is 1.21 bits per heavy atom. The number of hydrogen-bond acceptors (Lipinski definition) is 7. The number of nitrogen functional groups attached to an aromatic ring is 1. The van der Waals surface area contributed by atoms with Crippen molar-refractivity contribution in [1.29, 1.82) is 0 Å². The van der Waals surface area contributed by atoms with Crippen molar-refractivity contribution in [1.82, 2.24) is 15.0 Å². The fourth-order valence-corrected chi connectivity index (χ4v) is 4.75. The molecule has 24 heavy (non-hydrogen) atoms. The smallest absolute Gasteiger partial charge is 0.222 e. The van der Waals surface area contributed by atoms with E-state index in [0.29, 0.717) is 17.9 Å². The number of rotatable bonds is 4. The van der Waals surface area contributed by atoms with Crippen LogP contribution in [0.1, 0.15) is 52.9 Å². The van der Waals surface area contributed by atoms with E-state index in [4.69, 9.17) is 16.5 Å². The van der Waals surface area contributed by atoms with E-state index in [9.17, 15) is 0 Å². The molecular formula is C17H24N6S. The maximum atomic E-state index is 5.93. The molecule has 7 heteroatoms. The van der Waals surface area contributed by atoms with Crippen LogP contribution in [-0.2, 0) is 19.4 Å². The van der Waals surface area contributed by atoms with Crippen molar-refractivity contribution in [3.63, 3.8) is 0 Å². The zero-order valence-corrected chi connectivity index (χ0v) is 14.9. The highest BCUT2D eigenvalue weighted by Crippen LogP contribution is 2.36. The molecule has 1 fully saturated rings. The molecule has 2 heterocycles. The van der Waals surface area contributed by atoms with Gasteiger partial charge in [-0.15, -0.1) is 11.3 Å². The average molecular weight is 344 g/mol. The van der Waals surface area contributed by atoms with Crippen molar-refractivity contribution in [3.05, 3.63) is 27.3 Å². The molecule has 4 N–H and O–H groups in total. The molecule has 0 amide bonds. The number of aromatic nitrogens is 3. The van der Waals surface area contributed by atoms with Crippen molar-refractivity contribution in [2.24, 2.45) is 5.73 Å². The van der Waals surface area contributed by atoms with Gasteiger partial charge >= 0.3 is 0 Å². The zero-order chi connectivity index (χ0) is 16.7. The van der Waals surface area contributed by atoms with E-state index in [0.717, 1.165) is 42.3 Å². The molecule has 0 radical (unpaired) electrons. The minimum Gasteiger partial charge on any atom is -0.368 e. The number of thiazole rings is 1. The standard InChI is InChI=1S/C17H24N6S/c1-23(9-16-20-12-4-2-3-5-14(12)24-16)15-8-13(21-17(19)22-15)10-6-11(18)7-10/h8,10-11H,2-7,9,18H2,1H3,(H2,19,21,22). The van der Waals surface area contributed by atoms with Crippen molar-refractivity contribution in [3.8, 4) is 0 Å². The van der Waals surface area contributed by atoms with Gasteiger partial charge in [-0.05, 0) is 38.5 Å². The van der Waals surface area contributed by atoms with Gasteiger partial charge in [0.2, 0.25) is 5.95 Å². The minimum absolute atomic E-state index is 0.300. The molecule has 128 valence electrons. The highest BCUT2D eigenvalue weighted by molar-refractivity contribution is 7.11. The molecule has 0 bridgehead atoms. The van der Waals surface area contributed by atoms with Gasteiger partial charge in [0.05, 0.1) is 17.9 Å². The van der Waals surface area contributed by atoms with Gasteiger partial charge in [-0.25, -0.2) is 9.97 Å². The summed E-state index contributed by atoms with van der Waals surface area (Å²) >= 11 is 1.85. The average Bonchev–Trinajstić information content (AvgIpc) is 2.93. The number of hydrogen-bond donors (Lipinski definition) is 2. The maximum Gasteiger partial charge on any atom is 0.222 e. The van der Waals surface area contributed by atoms with Crippen molar-refractivity contribution >= 4 is 23.1 Å². The summed E-state index contributed by atoms with van der Waals surface area (Å²) in [6, 6.07) is 2.36. The molecule has 0 aliphatic heterocycles. The van der Waals surface area contributed by atoms with Gasteiger partial charge in [0.1, 0.15) is 10.8 Å². The molecule has 0 atom stereocenters. The first-order valence-corrected chi connectivity index (χ1v) is 9.49. The lowest BCUT2D eigenvalue weighted by molar-refractivity contribution is 0.345. The van der Waals surface area contributed by atoms with E-state index >= 15 is 0 Å². The Labute approximate surface area is 146 Å². The second-order valence-corrected chi connectivity index (χ2v) is 8.15. The van der Waals surface area contributed by atoms with Crippen molar-refractivity contribution < 1.29 is 0 Å². The third-order valence-electron chi connectivity index (χ3n) is 5.00. The van der Waals surface area contributed by atoms with E-state index < -0.39 is 0 Å². The molecule has 2 aliphatic carbocycles. The highest BCUT2D eigenvalue weighted by Gasteiger charge is 2.29. The molecule has 0 spiro atoms. The van der Waals surface area contributed by atoms with E-state index in [1.54, 1.807) is 0 Å². The van der Waals surface area contributed by atoms with E-state index in [1.165, 1.54) is 29.8 Å². The Bertz CT molecular complexity index is 713. The summed E-state index contributed by atoms with van der Waals surface area (Å²) in [6.07, 6.45) is 6.84. The predicted octanol–water partition coefficient (Wildman–Crippen LogP) is 2.24. The van der Waals surface area contributed by atoms with Crippen LogP contribution < -0.4 is 16.4 Å².